The summed E-state index contributed by atoms with van der Waals surface area (Å²) in [6.45, 7) is 1.54. The summed E-state index contributed by atoms with van der Waals surface area (Å²) in [5, 5.41) is 2.88. The van der Waals surface area contributed by atoms with E-state index in [0.717, 1.165) is 6.07 Å². The van der Waals surface area contributed by atoms with Crippen molar-refractivity contribution in [2.45, 2.75) is 19.4 Å². The van der Waals surface area contributed by atoms with E-state index in [1.165, 1.54) is 37.3 Å². The standard InChI is InChI=1S/C18H12BrClF4N2/c1-8-14(20)16(11-6-9(19)7-13(22)15(11)25-8)26-17(18(23)24)10-4-2-3-5-12(10)21/h2-7,17-18H,1H3,(H,25,26). The molecular formula is C18H12BrClF4N2. The molecule has 8 heteroatoms. The minimum Gasteiger partial charge on any atom is -0.371 e. The van der Waals surface area contributed by atoms with Crippen molar-refractivity contribution in [1.82, 2.24) is 4.98 Å². The number of halogens is 6. The lowest BCUT2D eigenvalue weighted by molar-refractivity contribution is 0.123. The Hall–Kier alpha value is -1.86. The highest BCUT2D eigenvalue weighted by Gasteiger charge is 2.27. The Morgan fingerprint density at radius 1 is 1.12 bits per heavy atom. The van der Waals surface area contributed by atoms with Crippen LogP contribution < -0.4 is 5.32 Å². The van der Waals surface area contributed by atoms with E-state index in [2.05, 4.69) is 26.2 Å². The summed E-state index contributed by atoms with van der Waals surface area (Å²) >= 11 is 9.42. The van der Waals surface area contributed by atoms with E-state index in [4.69, 9.17) is 11.6 Å². The molecule has 1 heterocycles. The van der Waals surface area contributed by atoms with Gasteiger partial charge in [0.25, 0.3) is 6.43 Å². The van der Waals surface area contributed by atoms with Gasteiger partial charge in [-0.15, -0.1) is 0 Å². The van der Waals surface area contributed by atoms with Crippen LogP contribution in [0.4, 0.5) is 23.2 Å². The van der Waals surface area contributed by atoms with E-state index in [1.807, 2.05) is 0 Å². The molecule has 26 heavy (non-hydrogen) atoms. The number of pyridine rings is 1. The average molecular weight is 448 g/mol. The van der Waals surface area contributed by atoms with Gasteiger partial charge in [-0.25, -0.2) is 22.5 Å². The minimum atomic E-state index is -2.93. The highest BCUT2D eigenvalue weighted by Crippen LogP contribution is 2.38. The maximum atomic E-state index is 14.3. The van der Waals surface area contributed by atoms with E-state index in [0.29, 0.717) is 4.47 Å². The molecule has 3 rings (SSSR count). The van der Waals surface area contributed by atoms with Crippen LogP contribution in [0, 0.1) is 18.6 Å². The molecule has 1 aromatic heterocycles. The lowest BCUT2D eigenvalue weighted by Gasteiger charge is -2.22. The van der Waals surface area contributed by atoms with Gasteiger partial charge in [0.15, 0.2) is 5.82 Å². The van der Waals surface area contributed by atoms with Crippen molar-refractivity contribution in [2.24, 2.45) is 0 Å². The third-order valence-corrected chi connectivity index (χ3v) is 4.83. The number of benzene rings is 2. The van der Waals surface area contributed by atoms with Crippen molar-refractivity contribution in [3.63, 3.8) is 0 Å². The Morgan fingerprint density at radius 3 is 2.46 bits per heavy atom. The molecule has 0 fully saturated rings. The molecule has 0 amide bonds. The van der Waals surface area contributed by atoms with Gasteiger partial charge in [-0.2, -0.15) is 0 Å². The molecule has 2 aromatic carbocycles. The molecule has 2 nitrogen and oxygen atoms in total. The van der Waals surface area contributed by atoms with Gasteiger partial charge < -0.3 is 5.32 Å². The third-order valence-electron chi connectivity index (χ3n) is 3.91. The largest absolute Gasteiger partial charge is 0.371 e. The quantitative estimate of drug-likeness (QED) is 0.453. The number of hydrogen-bond acceptors (Lipinski definition) is 2. The van der Waals surface area contributed by atoms with Gasteiger partial charge in [-0.05, 0) is 25.1 Å². The highest BCUT2D eigenvalue weighted by molar-refractivity contribution is 9.10. The van der Waals surface area contributed by atoms with Gasteiger partial charge in [-0.1, -0.05) is 45.7 Å². The second-order valence-electron chi connectivity index (χ2n) is 5.65. The number of rotatable bonds is 4. The Labute approximate surface area is 160 Å². The van der Waals surface area contributed by atoms with Gasteiger partial charge in [0.1, 0.15) is 17.4 Å². The van der Waals surface area contributed by atoms with Crippen LogP contribution in [0.3, 0.4) is 0 Å². The molecule has 3 aromatic rings. The van der Waals surface area contributed by atoms with E-state index in [-0.39, 0.29) is 32.9 Å². The number of alkyl halides is 2. The Balaban J connectivity index is 2.20. The van der Waals surface area contributed by atoms with Gasteiger partial charge in [0.2, 0.25) is 0 Å². The SMILES string of the molecule is Cc1nc2c(F)cc(Br)cc2c(NC(c2ccccc2F)C(F)F)c1Cl. The lowest BCUT2D eigenvalue weighted by Crippen LogP contribution is -2.21. The van der Waals surface area contributed by atoms with Crippen molar-refractivity contribution < 1.29 is 17.6 Å². The number of hydrogen-bond donors (Lipinski definition) is 1. The summed E-state index contributed by atoms with van der Waals surface area (Å²) in [7, 11) is 0. The second kappa shape index (κ2) is 7.40. The average Bonchev–Trinajstić information content (AvgIpc) is 2.57. The van der Waals surface area contributed by atoms with Crippen molar-refractivity contribution in [2.75, 3.05) is 5.32 Å². The summed E-state index contributed by atoms with van der Waals surface area (Å²) in [5.74, 6) is -1.40. The van der Waals surface area contributed by atoms with Gasteiger partial charge >= 0.3 is 0 Å². The molecule has 0 spiro atoms. The van der Waals surface area contributed by atoms with Gasteiger partial charge in [-0.3, -0.25) is 0 Å². The van der Waals surface area contributed by atoms with Crippen molar-refractivity contribution in [1.29, 1.82) is 0 Å². The number of nitrogens with one attached hydrogen (secondary N) is 1. The zero-order chi connectivity index (χ0) is 19.0. The molecule has 0 aliphatic rings. The van der Waals surface area contributed by atoms with Crippen LogP contribution >= 0.6 is 27.5 Å². The normalized spacial score (nSPS) is 12.6. The zero-order valence-electron chi connectivity index (χ0n) is 13.3. The smallest absolute Gasteiger partial charge is 0.262 e. The second-order valence-corrected chi connectivity index (χ2v) is 6.94. The molecule has 136 valence electrons. The Bertz CT molecular complexity index is 981. The molecule has 1 atom stereocenters. The summed E-state index contributed by atoms with van der Waals surface area (Å²) in [6.07, 6.45) is -2.93. The summed E-state index contributed by atoms with van der Waals surface area (Å²) in [5.41, 5.74) is 0.114. The maximum absolute atomic E-state index is 14.3. The third kappa shape index (κ3) is 3.50. The zero-order valence-corrected chi connectivity index (χ0v) is 15.7. The van der Waals surface area contributed by atoms with Crippen LogP contribution in [0.25, 0.3) is 10.9 Å². The maximum Gasteiger partial charge on any atom is 0.262 e. The molecule has 0 bridgehead atoms. The number of anilines is 1. The first kappa shape index (κ1) is 18.9. The monoisotopic (exact) mass is 446 g/mol. The first-order valence-electron chi connectivity index (χ1n) is 7.53. The fourth-order valence-corrected chi connectivity index (χ4v) is 3.32. The molecule has 0 saturated carbocycles. The topological polar surface area (TPSA) is 24.9 Å². The number of fused-ring (bicyclic) bond motifs is 1. The van der Waals surface area contributed by atoms with Gasteiger partial charge in [0, 0.05) is 15.4 Å². The molecule has 0 saturated heterocycles. The molecule has 1 unspecified atom stereocenters. The fraction of sp³-hybridized carbons (Fsp3) is 0.167. The molecule has 0 aliphatic carbocycles. The Kier molecular flexibility index (Phi) is 5.39. The highest BCUT2D eigenvalue weighted by atomic mass is 79.9. The van der Waals surface area contributed by atoms with Crippen LogP contribution in [0.15, 0.2) is 40.9 Å². The molecular weight excluding hydrogens is 436 g/mol. The van der Waals surface area contributed by atoms with E-state index >= 15 is 0 Å². The van der Waals surface area contributed by atoms with Crippen LogP contribution in [-0.2, 0) is 0 Å². The molecule has 0 aliphatic heterocycles. The minimum absolute atomic E-state index is 0.0147. The van der Waals surface area contributed by atoms with Crippen LogP contribution in [-0.4, -0.2) is 11.4 Å². The first-order chi connectivity index (χ1) is 12.3. The van der Waals surface area contributed by atoms with Crippen molar-refractivity contribution in [3.8, 4) is 0 Å². The number of nitrogens with zero attached hydrogens (tertiary/aromatic N) is 1. The molecule has 0 radical (unpaired) electrons. The summed E-state index contributed by atoms with van der Waals surface area (Å²) < 4.78 is 56.0. The van der Waals surface area contributed by atoms with Crippen molar-refractivity contribution >= 4 is 44.1 Å². The lowest BCUT2D eigenvalue weighted by atomic mass is 10.0. The molecule has 1 N–H and O–H groups in total. The number of aryl methyl sites for hydroxylation is 1. The predicted octanol–water partition coefficient (Wildman–Crippen LogP) is 6.66. The Morgan fingerprint density at radius 2 is 1.81 bits per heavy atom. The van der Waals surface area contributed by atoms with E-state index in [9.17, 15) is 17.6 Å². The van der Waals surface area contributed by atoms with Crippen LogP contribution in [0.1, 0.15) is 17.3 Å². The summed E-state index contributed by atoms with van der Waals surface area (Å²) in [6, 6.07) is 6.30. The van der Waals surface area contributed by atoms with Gasteiger partial charge in [0.05, 0.1) is 16.4 Å². The van der Waals surface area contributed by atoms with Crippen molar-refractivity contribution in [3.05, 3.63) is 68.8 Å². The number of aromatic nitrogens is 1. The van der Waals surface area contributed by atoms with E-state index in [1.54, 1.807) is 0 Å². The predicted molar refractivity (Wildman–Crippen MR) is 97.9 cm³/mol. The van der Waals surface area contributed by atoms with E-state index < -0.39 is 24.1 Å². The van der Waals surface area contributed by atoms with Crippen LogP contribution in [0.2, 0.25) is 5.02 Å². The first-order valence-corrected chi connectivity index (χ1v) is 8.70. The fourth-order valence-electron chi connectivity index (χ4n) is 2.69. The summed E-state index contributed by atoms with van der Waals surface area (Å²) in [4.78, 5) is 4.09. The van der Waals surface area contributed by atoms with Crippen LogP contribution in [0.5, 0.6) is 0 Å².